The molecule has 0 fully saturated rings. The number of fused-ring (bicyclic) bond motifs is 6. The van der Waals surface area contributed by atoms with E-state index in [0.29, 0.717) is 0 Å². The van der Waals surface area contributed by atoms with Crippen LogP contribution in [0.1, 0.15) is 5.56 Å². The molecule has 0 spiro atoms. The van der Waals surface area contributed by atoms with E-state index in [4.69, 9.17) is 14.2 Å². The standard InChI is InChI=1S/C37H23NO2/c38-22-26-15-17-28(25-16-18-34-31(19-25)29-13-7-8-14-33(29)39-34)37-35(26)32-21-27(23-9-3-1-4-10-23)20-30(36(32)40-37)24-11-5-2-6-12-24/h1-22,38H. The molecule has 3 nitrogen and oxygen atoms in total. The van der Waals surface area contributed by atoms with Crippen LogP contribution in [0.5, 0.6) is 0 Å². The van der Waals surface area contributed by atoms with E-state index in [2.05, 4.69) is 84.9 Å². The Morgan fingerprint density at radius 2 is 1.15 bits per heavy atom. The Kier molecular flexibility index (Phi) is 4.98. The average molecular weight is 514 g/mol. The minimum Gasteiger partial charge on any atom is -0.456 e. The summed E-state index contributed by atoms with van der Waals surface area (Å²) in [6, 6.07) is 43.7. The Morgan fingerprint density at radius 3 is 1.95 bits per heavy atom. The fourth-order valence-electron chi connectivity index (χ4n) is 5.88. The average Bonchev–Trinajstić information content (AvgIpc) is 3.59. The maximum absolute atomic E-state index is 8.25. The summed E-state index contributed by atoms with van der Waals surface area (Å²) in [6.07, 6.45) is 1.42. The highest BCUT2D eigenvalue weighted by atomic mass is 16.3. The van der Waals surface area contributed by atoms with Gasteiger partial charge >= 0.3 is 0 Å². The second-order valence-corrected chi connectivity index (χ2v) is 10.1. The molecule has 8 rings (SSSR count). The Labute approximate surface area is 230 Å². The molecule has 2 heterocycles. The van der Waals surface area contributed by atoms with Gasteiger partial charge in [-0.05, 0) is 58.7 Å². The van der Waals surface area contributed by atoms with Crippen molar-refractivity contribution in [1.82, 2.24) is 0 Å². The van der Waals surface area contributed by atoms with Crippen molar-refractivity contribution in [2.45, 2.75) is 0 Å². The Bertz CT molecular complexity index is 2220. The van der Waals surface area contributed by atoms with Crippen LogP contribution in [-0.4, -0.2) is 6.21 Å². The first-order valence-corrected chi connectivity index (χ1v) is 13.3. The topological polar surface area (TPSA) is 50.1 Å². The molecule has 0 unspecified atom stereocenters. The predicted octanol–water partition coefficient (Wildman–Crippen LogP) is 10.5. The monoisotopic (exact) mass is 513 g/mol. The number of hydrogen-bond donors (Lipinski definition) is 1. The van der Waals surface area contributed by atoms with Gasteiger partial charge in [-0.15, -0.1) is 0 Å². The zero-order valence-electron chi connectivity index (χ0n) is 21.5. The summed E-state index contributed by atoms with van der Waals surface area (Å²) in [5.41, 5.74) is 10.6. The molecule has 6 aromatic carbocycles. The summed E-state index contributed by atoms with van der Waals surface area (Å²) < 4.78 is 12.9. The highest BCUT2D eigenvalue weighted by Gasteiger charge is 2.20. The lowest BCUT2D eigenvalue weighted by molar-refractivity contribution is 0.668. The van der Waals surface area contributed by atoms with Gasteiger partial charge < -0.3 is 14.2 Å². The van der Waals surface area contributed by atoms with E-state index >= 15 is 0 Å². The Hall–Kier alpha value is -5.41. The van der Waals surface area contributed by atoms with Gasteiger partial charge in [-0.3, -0.25) is 0 Å². The van der Waals surface area contributed by atoms with E-state index in [1.54, 1.807) is 0 Å². The second kappa shape index (κ2) is 8.82. The molecule has 0 radical (unpaired) electrons. The largest absolute Gasteiger partial charge is 0.456 e. The third-order valence-electron chi connectivity index (χ3n) is 7.79. The number of furan rings is 2. The molecule has 0 aliphatic heterocycles. The lowest BCUT2D eigenvalue weighted by Gasteiger charge is -2.08. The quantitative estimate of drug-likeness (QED) is 0.238. The molecule has 0 saturated carbocycles. The third-order valence-corrected chi connectivity index (χ3v) is 7.79. The molecule has 2 aromatic heterocycles. The Morgan fingerprint density at radius 1 is 0.450 bits per heavy atom. The van der Waals surface area contributed by atoms with Crippen molar-refractivity contribution in [3.05, 3.63) is 133 Å². The van der Waals surface area contributed by atoms with Gasteiger partial charge in [0.25, 0.3) is 0 Å². The van der Waals surface area contributed by atoms with Crippen molar-refractivity contribution >= 4 is 50.1 Å². The molecular weight excluding hydrogens is 490 g/mol. The van der Waals surface area contributed by atoms with Crippen molar-refractivity contribution in [2.24, 2.45) is 0 Å². The van der Waals surface area contributed by atoms with Crippen molar-refractivity contribution in [3.8, 4) is 33.4 Å². The minimum atomic E-state index is 0.783. The molecule has 0 aliphatic carbocycles. The smallest absolute Gasteiger partial charge is 0.143 e. The van der Waals surface area contributed by atoms with Gasteiger partial charge in [0.05, 0.1) is 0 Å². The van der Waals surface area contributed by atoms with Crippen LogP contribution in [0.15, 0.2) is 136 Å². The van der Waals surface area contributed by atoms with E-state index in [0.717, 1.165) is 82.8 Å². The summed E-state index contributed by atoms with van der Waals surface area (Å²) in [5, 5.41) is 12.4. The minimum absolute atomic E-state index is 0.783. The number of nitrogens with one attached hydrogen (secondary N) is 1. The highest BCUT2D eigenvalue weighted by molar-refractivity contribution is 6.19. The van der Waals surface area contributed by atoms with Gasteiger partial charge in [-0.25, -0.2) is 0 Å². The normalized spacial score (nSPS) is 11.6. The van der Waals surface area contributed by atoms with Crippen LogP contribution in [-0.2, 0) is 0 Å². The SMILES string of the molecule is N=Cc1ccc(-c2ccc3oc4ccccc4c3c2)c2oc3c(-c4ccccc4)cc(-c4ccccc4)cc3c12. The van der Waals surface area contributed by atoms with Crippen molar-refractivity contribution in [1.29, 1.82) is 5.41 Å². The molecular formula is C37H23NO2. The van der Waals surface area contributed by atoms with Crippen LogP contribution in [0.25, 0.3) is 77.3 Å². The maximum Gasteiger partial charge on any atom is 0.143 e. The lowest BCUT2D eigenvalue weighted by atomic mass is 9.93. The summed E-state index contributed by atoms with van der Waals surface area (Å²) >= 11 is 0. The van der Waals surface area contributed by atoms with Crippen molar-refractivity contribution < 1.29 is 8.83 Å². The molecule has 0 amide bonds. The highest BCUT2D eigenvalue weighted by Crippen LogP contribution is 2.44. The van der Waals surface area contributed by atoms with E-state index in [9.17, 15) is 0 Å². The molecule has 3 heteroatoms. The van der Waals surface area contributed by atoms with Crippen LogP contribution < -0.4 is 0 Å². The van der Waals surface area contributed by atoms with Gasteiger partial charge in [0.2, 0.25) is 0 Å². The Balaban J connectivity index is 1.46. The third kappa shape index (κ3) is 3.41. The molecule has 0 atom stereocenters. The first-order chi connectivity index (χ1) is 19.8. The fourth-order valence-corrected chi connectivity index (χ4v) is 5.88. The van der Waals surface area contributed by atoms with Crippen LogP contribution >= 0.6 is 0 Å². The van der Waals surface area contributed by atoms with Gasteiger partial charge in [0.1, 0.15) is 22.3 Å². The molecule has 8 aromatic rings. The summed E-state index contributed by atoms with van der Waals surface area (Å²) in [7, 11) is 0. The van der Waals surface area contributed by atoms with Crippen molar-refractivity contribution in [3.63, 3.8) is 0 Å². The molecule has 0 bridgehead atoms. The van der Waals surface area contributed by atoms with Crippen molar-refractivity contribution in [2.75, 3.05) is 0 Å². The van der Waals surface area contributed by atoms with E-state index in [1.807, 2.05) is 42.5 Å². The maximum atomic E-state index is 8.25. The molecule has 0 saturated heterocycles. The van der Waals surface area contributed by atoms with Gasteiger partial charge in [-0.2, -0.15) is 0 Å². The van der Waals surface area contributed by atoms with Crippen LogP contribution in [0, 0.1) is 5.41 Å². The van der Waals surface area contributed by atoms with Crippen LogP contribution in [0.2, 0.25) is 0 Å². The predicted molar refractivity (Wildman–Crippen MR) is 165 cm³/mol. The van der Waals surface area contributed by atoms with Gasteiger partial charge in [-0.1, -0.05) is 91.0 Å². The van der Waals surface area contributed by atoms with Crippen LogP contribution in [0.4, 0.5) is 0 Å². The number of hydrogen-bond acceptors (Lipinski definition) is 3. The number of benzene rings is 6. The number of para-hydroxylation sites is 1. The second-order valence-electron chi connectivity index (χ2n) is 10.1. The van der Waals surface area contributed by atoms with Gasteiger partial charge in [0, 0.05) is 44.4 Å². The van der Waals surface area contributed by atoms with E-state index < -0.39 is 0 Å². The van der Waals surface area contributed by atoms with E-state index in [1.165, 1.54) is 6.21 Å². The summed E-state index contributed by atoms with van der Waals surface area (Å²) in [5.74, 6) is 0. The number of rotatable bonds is 4. The van der Waals surface area contributed by atoms with E-state index in [-0.39, 0.29) is 0 Å². The molecule has 188 valence electrons. The zero-order valence-corrected chi connectivity index (χ0v) is 21.5. The fraction of sp³-hybridized carbons (Fsp3) is 0. The lowest BCUT2D eigenvalue weighted by Crippen LogP contribution is -1.86. The first kappa shape index (κ1) is 22.6. The first-order valence-electron chi connectivity index (χ1n) is 13.3. The summed E-state index contributed by atoms with van der Waals surface area (Å²) in [4.78, 5) is 0. The van der Waals surface area contributed by atoms with Crippen LogP contribution in [0.3, 0.4) is 0 Å². The molecule has 1 N–H and O–H groups in total. The molecule has 40 heavy (non-hydrogen) atoms. The zero-order chi connectivity index (χ0) is 26.6. The molecule has 0 aliphatic rings. The van der Waals surface area contributed by atoms with Gasteiger partial charge in [0.15, 0.2) is 0 Å². The summed E-state index contributed by atoms with van der Waals surface area (Å²) in [6.45, 7) is 0.